The van der Waals surface area contributed by atoms with Gasteiger partial charge in [-0.15, -0.1) is 0 Å². The molecule has 0 bridgehead atoms. The van der Waals surface area contributed by atoms with E-state index in [0.717, 1.165) is 12.8 Å². The molecule has 1 rings (SSSR count). The van der Waals surface area contributed by atoms with Gasteiger partial charge in [0.15, 0.2) is 17.2 Å². The molecule has 0 unspecified atom stereocenters. The molecule has 0 aromatic rings. The second-order valence-corrected chi connectivity index (χ2v) is 9.31. The number of Topliss-reactive ketones (excluding diaryl/α,β-unsaturated/α-hetero) is 2. The zero-order valence-corrected chi connectivity index (χ0v) is 19.7. The van der Waals surface area contributed by atoms with Gasteiger partial charge in [-0.1, -0.05) is 27.2 Å². The van der Waals surface area contributed by atoms with Crippen LogP contribution in [-0.2, 0) is 23.9 Å². The van der Waals surface area contributed by atoms with E-state index in [-0.39, 0.29) is 25.7 Å². The topological polar surface area (TPSA) is 130 Å². The lowest BCUT2D eigenvalue weighted by Gasteiger charge is -2.35. The van der Waals surface area contributed by atoms with Crippen LogP contribution in [-0.4, -0.2) is 69.0 Å². The Morgan fingerprint density at radius 1 is 1.06 bits per heavy atom. The largest absolute Gasteiger partial charge is 0.459 e. The number of aliphatic hydroxyl groups excluding tert-OH is 1. The number of rotatable bonds is 5. The minimum atomic E-state index is -1.98. The third kappa shape index (κ3) is 7.34. The Bertz CT molecular complexity index is 627. The summed E-state index contributed by atoms with van der Waals surface area (Å²) in [5, 5.41) is 32.1. The molecule has 0 saturated carbocycles. The van der Waals surface area contributed by atoms with Gasteiger partial charge in [0.05, 0.1) is 18.1 Å². The van der Waals surface area contributed by atoms with Crippen molar-refractivity contribution >= 4 is 17.5 Å². The lowest BCUT2D eigenvalue weighted by Crippen LogP contribution is -2.51. The summed E-state index contributed by atoms with van der Waals surface area (Å²) in [7, 11) is 0. The first-order chi connectivity index (χ1) is 14.3. The molecule has 0 aromatic heterocycles. The first-order valence-electron chi connectivity index (χ1n) is 11.3. The third-order valence-corrected chi connectivity index (χ3v) is 6.34. The number of carbonyl (C=O) groups is 3. The molecule has 1 heterocycles. The Hall–Kier alpha value is -1.35. The summed E-state index contributed by atoms with van der Waals surface area (Å²) in [5.41, 5.74) is -3.75. The number of ether oxygens (including phenoxy) is 2. The number of esters is 1. The number of cyclic esters (lactones) is 1. The van der Waals surface area contributed by atoms with Crippen molar-refractivity contribution < 1.29 is 39.2 Å². The summed E-state index contributed by atoms with van der Waals surface area (Å²) in [4.78, 5) is 38.4. The molecule has 0 amide bonds. The fourth-order valence-corrected chi connectivity index (χ4v) is 3.81. The number of hydrogen-bond donors (Lipinski definition) is 3. The number of aliphatic hydroxyl groups is 3. The van der Waals surface area contributed by atoms with Gasteiger partial charge < -0.3 is 24.8 Å². The van der Waals surface area contributed by atoms with Crippen molar-refractivity contribution in [2.75, 3.05) is 6.61 Å². The Morgan fingerprint density at radius 3 is 2.23 bits per heavy atom. The van der Waals surface area contributed by atoms with Gasteiger partial charge in [-0.3, -0.25) is 14.4 Å². The molecule has 1 saturated heterocycles. The predicted octanol–water partition coefficient (Wildman–Crippen LogP) is 1.95. The molecule has 0 radical (unpaired) electrons. The van der Waals surface area contributed by atoms with Crippen molar-refractivity contribution in [2.45, 2.75) is 110 Å². The molecule has 180 valence electrons. The van der Waals surface area contributed by atoms with Gasteiger partial charge in [-0.25, -0.2) is 0 Å². The SMILES string of the molecule is CCCCO[C@H]1CC(=O)[C@](C)(O)C[C@@H](C)[C@@H](O)CC(=O)[C@](C)(O)[C@@H](CC)OC(=O)[C@@H]1C. The van der Waals surface area contributed by atoms with Crippen molar-refractivity contribution in [3.05, 3.63) is 0 Å². The lowest BCUT2D eigenvalue weighted by atomic mass is 9.80. The average molecular weight is 445 g/mol. The van der Waals surface area contributed by atoms with Crippen LogP contribution in [0, 0.1) is 11.8 Å². The van der Waals surface area contributed by atoms with Gasteiger partial charge in [0.25, 0.3) is 0 Å². The standard InChI is InChI=1S/C23H40O8/c1-7-9-10-30-17-12-18(25)22(5,28)13-14(3)16(24)11-19(26)23(6,29)20(8-2)31-21(27)15(17)4/h14-17,20,24,28-29H,7-13H2,1-6H3/t14-,15-,16+,17+,20-,22-,23+/m1/s1. The molecular weight excluding hydrogens is 404 g/mol. The highest BCUT2D eigenvalue weighted by atomic mass is 16.6. The molecule has 1 aliphatic heterocycles. The molecule has 0 aliphatic carbocycles. The molecule has 0 aromatic carbocycles. The van der Waals surface area contributed by atoms with Crippen LogP contribution in [0.1, 0.15) is 80.1 Å². The molecular formula is C23H40O8. The van der Waals surface area contributed by atoms with E-state index in [0.29, 0.717) is 6.61 Å². The second-order valence-electron chi connectivity index (χ2n) is 9.31. The summed E-state index contributed by atoms with van der Waals surface area (Å²) >= 11 is 0. The van der Waals surface area contributed by atoms with Crippen molar-refractivity contribution in [1.29, 1.82) is 0 Å². The van der Waals surface area contributed by atoms with E-state index in [1.807, 2.05) is 6.92 Å². The van der Waals surface area contributed by atoms with Crippen molar-refractivity contribution in [3.8, 4) is 0 Å². The Kier molecular flexibility index (Phi) is 10.3. The Balaban J connectivity index is 3.31. The van der Waals surface area contributed by atoms with Crippen LogP contribution in [0.4, 0.5) is 0 Å². The third-order valence-electron chi connectivity index (χ3n) is 6.34. The highest BCUT2D eigenvalue weighted by molar-refractivity contribution is 5.89. The summed E-state index contributed by atoms with van der Waals surface area (Å²) in [5.74, 6) is -3.29. The van der Waals surface area contributed by atoms with Crippen molar-refractivity contribution in [2.24, 2.45) is 11.8 Å². The fraction of sp³-hybridized carbons (Fsp3) is 0.870. The smallest absolute Gasteiger partial charge is 0.311 e. The van der Waals surface area contributed by atoms with E-state index in [2.05, 4.69) is 0 Å². The van der Waals surface area contributed by atoms with Gasteiger partial charge >= 0.3 is 5.97 Å². The van der Waals surface area contributed by atoms with E-state index in [4.69, 9.17) is 9.47 Å². The van der Waals surface area contributed by atoms with Crippen LogP contribution < -0.4 is 0 Å². The molecule has 31 heavy (non-hydrogen) atoms. The molecule has 1 fully saturated rings. The van der Waals surface area contributed by atoms with E-state index < -0.39 is 58.9 Å². The van der Waals surface area contributed by atoms with E-state index in [1.54, 1.807) is 20.8 Å². The minimum absolute atomic E-state index is 0.0693. The van der Waals surface area contributed by atoms with Crippen LogP contribution in [0.15, 0.2) is 0 Å². The quantitative estimate of drug-likeness (QED) is 0.433. The molecule has 1 aliphatic rings. The molecule has 8 heteroatoms. The molecule has 8 nitrogen and oxygen atoms in total. The fourth-order valence-electron chi connectivity index (χ4n) is 3.81. The van der Waals surface area contributed by atoms with Crippen LogP contribution in [0.5, 0.6) is 0 Å². The Morgan fingerprint density at radius 2 is 1.68 bits per heavy atom. The van der Waals surface area contributed by atoms with Crippen LogP contribution in [0.2, 0.25) is 0 Å². The first-order valence-corrected chi connectivity index (χ1v) is 11.3. The zero-order valence-electron chi connectivity index (χ0n) is 19.7. The Labute approximate surface area is 185 Å². The number of unbranched alkanes of at least 4 members (excludes halogenated alkanes) is 1. The van der Waals surface area contributed by atoms with E-state index in [1.165, 1.54) is 13.8 Å². The predicted molar refractivity (Wildman–Crippen MR) is 114 cm³/mol. The van der Waals surface area contributed by atoms with Crippen LogP contribution >= 0.6 is 0 Å². The molecule has 3 N–H and O–H groups in total. The van der Waals surface area contributed by atoms with Crippen LogP contribution in [0.3, 0.4) is 0 Å². The van der Waals surface area contributed by atoms with E-state index >= 15 is 0 Å². The normalized spacial score (nSPS) is 39.1. The minimum Gasteiger partial charge on any atom is -0.459 e. The zero-order chi connectivity index (χ0) is 24.0. The number of carbonyl (C=O) groups excluding carboxylic acids is 3. The van der Waals surface area contributed by atoms with Gasteiger partial charge in [0, 0.05) is 19.4 Å². The van der Waals surface area contributed by atoms with Gasteiger partial charge in [-0.05, 0) is 46.0 Å². The number of hydrogen-bond acceptors (Lipinski definition) is 8. The van der Waals surface area contributed by atoms with Gasteiger partial charge in [0.1, 0.15) is 11.7 Å². The van der Waals surface area contributed by atoms with Crippen molar-refractivity contribution in [1.82, 2.24) is 0 Å². The summed E-state index contributed by atoms with van der Waals surface area (Å²) in [6, 6.07) is 0. The first kappa shape index (κ1) is 27.7. The lowest BCUT2D eigenvalue weighted by molar-refractivity contribution is -0.178. The summed E-state index contributed by atoms with van der Waals surface area (Å²) in [6.07, 6.45) is -1.94. The summed E-state index contributed by atoms with van der Waals surface area (Å²) in [6.45, 7) is 9.86. The number of ketones is 2. The van der Waals surface area contributed by atoms with Crippen LogP contribution in [0.25, 0.3) is 0 Å². The highest BCUT2D eigenvalue weighted by Gasteiger charge is 2.45. The van der Waals surface area contributed by atoms with Gasteiger partial charge in [-0.2, -0.15) is 0 Å². The van der Waals surface area contributed by atoms with E-state index in [9.17, 15) is 29.7 Å². The van der Waals surface area contributed by atoms with Crippen molar-refractivity contribution in [3.63, 3.8) is 0 Å². The average Bonchev–Trinajstić information content (AvgIpc) is 2.68. The summed E-state index contributed by atoms with van der Waals surface area (Å²) < 4.78 is 11.3. The van der Waals surface area contributed by atoms with Gasteiger partial charge in [0.2, 0.25) is 0 Å². The molecule has 7 atom stereocenters. The second kappa shape index (κ2) is 11.5. The maximum Gasteiger partial charge on any atom is 0.311 e. The maximum absolute atomic E-state index is 12.9. The molecule has 0 spiro atoms. The maximum atomic E-state index is 12.9. The highest BCUT2D eigenvalue weighted by Crippen LogP contribution is 2.29. The monoisotopic (exact) mass is 444 g/mol.